The minimum atomic E-state index is -4.19. The van der Waals surface area contributed by atoms with Gasteiger partial charge in [-0.1, -0.05) is 26.8 Å². The van der Waals surface area contributed by atoms with Gasteiger partial charge in [0.1, 0.15) is 10.9 Å². The van der Waals surface area contributed by atoms with Crippen LogP contribution in [0.25, 0.3) is 0 Å². The van der Waals surface area contributed by atoms with E-state index in [4.69, 9.17) is 9.47 Å². The number of amidine groups is 1. The molecule has 12 nitrogen and oxygen atoms in total. The molecule has 1 heterocycles. The van der Waals surface area contributed by atoms with Crippen molar-refractivity contribution in [2.45, 2.75) is 97.0 Å². The Morgan fingerprint density at radius 3 is 2.05 bits per heavy atom. The summed E-state index contributed by atoms with van der Waals surface area (Å²) in [5.74, 6) is 0. The number of aryl methyl sites for hydroxylation is 2. The molecule has 2 unspecified atom stereocenters. The van der Waals surface area contributed by atoms with E-state index in [1.807, 2.05) is 20.8 Å². The predicted molar refractivity (Wildman–Crippen MR) is 160 cm³/mol. The van der Waals surface area contributed by atoms with Crippen molar-refractivity contribution in [1.82, 2.24) is 14.9 Å². The van der Waals surface area contributed by atoms with E-state index in [1.54, 1.807) is 20.8 Å². The molecule has 1 saturated heterocycles. The van der Waals surface area contributed by atoms with E-state index < -0.39 is 50.5 Å². The molecule has 0 spiro atoms. The van der Waals surface area contributed by atoms with E-state index in [0.29, 0.717) is 0 Å². The number of hydrogen-bond acceptors (Lipinski definition) is 7. The first-order chi connectivity index (χ1) is 19.0. The van der Waals surface area contributed by atoms with Gasteiger partial charge in [0.05, 0.1) is 6.04 Å². The van der Waals surface area contributed by atoms with Crippen molar-refractivity contribution in [2.24, 2.45) is 10.4 Å². The minimum Gasteiger partial charge on any atom is -0.442 e. The van der Waals surface area contributed by atoms with Crippen LogP contribution in [0.5, 0.6) is 0 Å². The molecule has 42 heavy (non-hydrogen) atoms. The van der Waals surface area contributed by atoms with Crippen LogP contribution < -0.4 is 15.4 Å². The van der Waals surface area contributed by atoms with Gasteiger partial charge in [-0.2, -0.15) is 0 Å². The van der Waals surface area contributed by atoms with E-state index >= 15 is 0 Å². The van der Waals surface area contributed by atoms with Gasteiger partial charge in [-0.15, -0.1) is 4.99 Å². The van der Waals surface area contributed by atoms with E-state index in [1.165, 1.54) is 23.1 Å². The molecule has 1 aromatic carbocycles. The molecule has 3 N–H and O–H groups in total. The number of hydrogen-bond donors (Lipinski definition) is 3. The van der Waals surface area contributed by atoms with Crippen LogP contribution in [0.1, 0.15) is 76.6 Å². The monoisotopic (exact) mass is 630 g/mol. The fraction of sp³-hybridized carbons (Fsp3) is 0.643. The Morgan fingerprint density at radius 2 is 1.55 bits per heavy atom. The van der Waals surface area contributed by atoms with Gasteiger partial charge < -0.3 is 25.0 Å². The van der Waals surface area contributed by atoms with Crippen LogP contribution in [0.15, 0.2) is 11.1 Å². The largest absolute Gasteiger partial charge is 0.442 e. The topological polar surface area (TPSA) is 155 Å². The SMILES string of the molecule is CNC(=O)OC(=NC(=O)OC(C)(C)C)N1CC(S(=O)(=O)NC(=O)Nc2c3c(cc4c2CCC4)CCC3)C1C(C)(C)C.[K]. The predicted octanol–water partition coefficient (Wildman–Crippen LogP) is 3.48. The van der Waals surface area contributed by atoms with Crippen molar-refractivity contribution < 1.29 is 32.3 Å². The van der Waals surface area contributed by atoms with Gasteiger partial charge in [0.15, 0.2) is 0 Å². The number of likely N-dealkylation sites (tertiary alicyclic amines) is 1. The van der Waals surface area contributed by atoms with E-state index in [0.717, 1.165) is 55.3 Å². The molecule has 3 aliphatic rings. The van der Waals surface area contributed by atoms with E-state index in [9.17, 15) is 22.8 Å². The normalized spacial score (nSPS) is 20.0. The van der Waals surface area contributed by atoms with Crippen molar-refractivity contribution >= 4 is 91.3 Å². The number of carbonyl (C=O) groups is 3. The fourth-order valence-corrected chi connectivity index (χ4v) is 7.63. The molecule has 1 radical (unpaired) electrons. The zero-order valence-electron chi connectivity index (χ0n) is 25.8. The molecule has 4 amide bonds. The van der Waals surface area contributed by atoms with E-state index in [2.05, 4.69) is 26.4 Å². The van der Waals surface area contributed by atoms with Crippen LogP contribution >= 0.6 is 0 Å². The van der Waals surface area contributed by atoms with Gasteiger partial charge in [0.25, 0.3) is 0 Å². The molecule has 1 fully saturated rings. The van der Waals surface area contributed by atoms with Gasteiger partial charge in [0.2, 0.25) is 10.0 Å². The van der Waals surface area contributed by atoms with Crippen LogP contribution in [0.4, 0.5) is 20.1 Å². The molecule has 227 valence electrons. The van der Waals surface area contributed by atoms with Gasteiger partial charge in [-0.05, 0) is 87.0 Å². The Hall–Kier alpha value is -1.71. The molecule has 0 bridgehead atoms. The standard InChI is InChI=1S/C28H41N5O7S.K/c1-27(2,3)22-20(15-33(22)24(39-25(35)29-7)31-26(36)40-28(4,5)6)41(37,38)32-23(34)30-21-18-12-8-10-16(18)14-17-11-9-13-19(17)21;/h14,20,22H,8-13,15H2,1-7H3,(H,29,35)(H2,30,32,34);. The summed E-state index contributed by atoms with van der Waals surface area (Å²) in [5.41, 5.74) is 3.84. The molecule has 2 aliphatic carbocycles. The smallest absolute Gasteiger partial charge is 0.438 e. The number of ether oxygens (including phenoxy) is 2. The van der Waals surface area contributed by atoms with Crippen molar-refractivity contribution in [3.05, 3.63) is 28.3 Å². The zero-order chi connectivity index (χ0) is 30.3. The van der Waals surface area contributed by atoms with Crippen LogP contribution in [0.3, 0.4) is 0 Å². The number of nitrogens with one attached hydrogen (secondary N) is 3. The van der Waals surface area contributed by atoms with Gasteiger partial charge in [-0.25, -0.2) is 27.5 Å². The molecule has 1 aliphatic heterocycles. The van der Waals surface area contributed by atoms with Crippen LogP contribution in [0, 0.1) is 5.41 Å². The van der Waals surface area contributed by atoms with Gasteiger partial charge in [-0.3, -0.25) is 0 Å². The fourth-order valence-electron chi connectivity index (χ4n) is 5.91. The number of carbonyl (C=O) groups excluding carboxylic acids is 3. The number of nitrogens with zero attached hydrogens (tertiary/aromatic N) is 2. The summed E-state index contributed by atoms with van der Waals surface area (Å²) in [6.07, 6.45) is 3.73. The third-order valence-electron chi connectivity index (χ3n) is 7.51. The number of anilines is 1. The second-order valence-electron chi connectivity index (χ2n) is 12.9. The molecule has 0 aromatic heterocycles. The summed E-state index contributed by atoms with van der Waals surface area (Å²) >= 11 is 0. The molecule has 14 heteroatoms. The summed E-state index contributed by atoms with van der Waals surface area (Å²) in [7, 11) is -2.85. The molecular formula is C28H41KN5O7S. The number of amides is 4. The average Bonchev–Trinajstić information content (AvgIpc) is 3.44. The maximum atomic E-state index is 13.5. The third kappa shape index (κ3) is 7.86. The Morgan fingerprint density at radius 1 is 0.976 bits per heavy atom. The van der Waals surface area contributed by atoms with Crippen molar-refractivity contribution in [3.8, 4) is 0 Å². The number of aliphatic imine (C=N–C) groups is 1. The summed E-state index contributed by atoms with van der Waals surface area (Å²) in [4.78, 5) is 42.9. The number of benzene rings is 1. The summed E-state index contributed by atoms with van der Waals surface area (Å²) in [6.45, 7) is 10.3. The first-order valence-corrected chi connectivity index (χ1v) is 15.5. The second kappa shape index (κ2) is 13.1. The van der Waals surface area contributed by atoms with Crippen molar-refractivity contribution in [3.63, 3.8) is 0 Å². The Balaban J connectivity index is 0.00000484. The quantitative estimate of drug-likeness (QED) is 0.261. The van der Waals surface area contributed by atoms with Crippen LogP contribution in [-0.2, 0) is 45.2 Å². The Kier molecular flexibility index (Phi) is 10.9. The molecular weight excluding hydrogens is 590 g/mol. The first-order valence-electron chi connectivity index (χ1n) is 14.0. The summed E-state index contributed by atoms with van der Waals surface area (Å²) in [6, 6.07) is 0.252. The molecule has 4 rings (SSSR count). The first kappa shape index (κ1) is 34.8. The maximum Gasteiger partial charge on any atom is 0.438 e. The second-order valence-corrected chi connectivity index (χ2v) is 14.8. The number of urea groups is 1. The summed E-state index contributed by atoms with van der Waals surface area (Å²) in [5, 5.41) is 4.10. The summed E-state index contributed by atoms with van der Waals surface area (Å²) < 4.78 is 39.8. The van der Waals surface area contributed by atoms with E-state index in [-0.39, 0.29) is 64.0 Å². The number of sulfonamides is 1. The van der Waals surface area contributed by atoms with Crippen molar-refractivity contribution in [1.29, 1.82) is 0 Å². The van der Waals surface area contributed by atoms with Gasteiger partial charge >= 0.3 is 24.2 Å². The van der Waals surface area contributed by atoms with Crippen LogP contribution in [0.2, 0.25) is 0 Å². The minimum absolute atomic E-state index is 0. The van der Waals surface area contributed by atoms with Crippen molar-refractivity contribution in [2.75, 3.05) is 18.9 Å². The number of rotatable bonds is 3. The van der Waals surface area contributed by atoms with Crippen LogP contribution in [-0.4, -0.2) is 119 Å². The molecule has 1 aromatic rings. The zero-order valence-corrected chi connectivity index (χ0v) is 29.8. The maximum absolute atomic E-state index is 13.5. The van der Waals surface area contributed by atoms with Gasteiger partial charge in [0, 0.05) is 70.7 Å². The Bertz CT molecular complexity index is 1350. The number of alkyl carbamates (subject to hydrolysis) is 1. The molecule has 0 saturated carbocycles. The number of fused-ring (bicyclic) bond motifs is 2. The molecule has 2 atom stereocenters. The Labute approximate surface area is 290 Å². The average molecular weight is 631 g/mol. The third-order valence-corrected chi connectivity index (χ3v) is 9.19.